The molecular formula is C18H18FNO5. The predicted molar refractivity (Wildman–Crippen MR) is 83.9 cm³/mol. The van der Waals surface area contributed by atoms with Gasteiger partial charge >= 0.3 is 5.97 Å². The van der Waals surface area contributed by atoms with Gasteiger partial charge in [0.2, 0.25) is 11.8 Å². The number of rotatable bonds is 5. The van der Waals surface area contributed by atoms with Crippen LogP contribution in [0.4, 0.5) is 4.39 Å². The first-order valence-electron chi connectivity index (χ1n) is 8.27. The average molecular weight is 347 g/mol. The first kappa shape index (κ1) is 17.3. The third-order valence-electron chi connectivity index (χ3n) is 4.73. The molecule has 2 amide bonds. The van der Waals surface area contributed by atoms with E-state index in [0.29, 0.717) is 12.8 Å². The zero-order valence-corrected chi connectivity index (χ0v) is 13.6. The molecule has 0 N–H and O–H groups in total. The van der Waals surface area contributed by atoms with Crippen molar-refractivity contribution >= 4 is 23.6 Å². The van der Waals surface area contributed by atoms with Crippen LogP contribution in [0.5, 0.6) is 0 Å². The largest absolute Gasteiger partial charge is 0.456 e. The quantitative estimate of drug-likeness (QED) is 0.460. The molecule has 0 unspecified atom stereocenters. The molecule has 3 rings (SSSR count). The third-order valence-corrected chi connectivity index (χ3v) is 4.73. The van der Waals surface area contributed by atoms with Crippen LogP contribution in [0, 0.1) is 17.7 Å². The first-order valence-corrected chi connectivity index (χ1v) is 8.27. The molecular weight excluding hydrogens is 329 g/mol. The van der Waals surface area contributed by atoms with Crippen molar-refractivity contribution in [3.8, 4) is 0 Å². The maximum atomic E-state index is 13.1. The summed E-state index contributed by atoms with van der Waals surface area (Å²) in [6, 6.07) is 5.05. The summed E-state index contributed by atoms with van der Waals surface area (Å²) in [5.74, 6) is -3.27. The third kappa shape index (κ3) is 3.60. The number of amides is 2. The van der Waals surface area contributed by atoms with E-state index in [0.717, 1.165) is 23.8 Å². The summed E-state index contributed by atoms with van der Waals surface area (Å²) < 4.78 is 17.9. The summed E-state index contributed by atoms with van der Waals surface area (Å²) >= 11 is 0. The lowest BCUT2D eigenvalue weighted by atomic mass is 9.81. The summed E-state index contributed by atoms with van der Waals surface area (Å²) in [6.07, 6.45) is 3.14. The van der Waals surface area contributed by atoms with Crippen LogP contribution in [0.2, 0.25) is 0 Å². The summed E-state index contributed by atoms with van der Waals surface area (Å²) in [5.41, 5.74) is 0.0899. The number of hydrogen-bond donors (Lipinski definition) is 0. The van der Waals surface area contributed by atoms with Crippen molar-refractivity contribution in [2.75, 3.05) is 13.2 Å². The van der Waals surface area contributed by atoms with E-state index in [-0.39, 0.29) is 29.2 Å². The Bertz CT molecular complexity index is 708. The van der Waals surface area contributed by atoms with Crippen LogP contribution in [0.1, 0.15) is 36.0 Å². The summed E-state index contributed by atoms with van der Waals surface area (Å²) in [4.78, 5) is 49.3. The highest BCUT2D eigenvalue weighted by Crippen LogP contribution is 2.37. The number of benzene rings is 1. The molecule has 0 spiro atoms. The molecule has 1 aromatic carbocycles. The number of likely N-dealkylation sites (tertiary alicyclic amines) is 1. The number of halogens is 1. The van der Waals surface area contributed by atoms with E-state index in [4.69, 9.17) is 4.74 Å². The molecule has 25 heavy (non-hydrogen) atoms. The van der Waals surface area contributed by atoms with E-state index in [1.807, 2.05) is 0 Å². The highest BCUT2D eigenvalue weighted by Gasteiger charge is 2.48. The lowest BCUT2D eigenvalue weighted by Crippen LogP contribution is -2.37. The van der Waals surface area contributed by atoms with Crippen molar-refractivity contribution in [2.45, 2.75) is 25.7 Å². The highest BCUT2D eigenvalue weighted by molar-refractivity contribution is 6.07. The van der Waals surface area contributed by atoms with Crippen LogP contribution in [-0.2, 0) is 19.1 Å². The van der Waals surface area contributed by atoms with Gasteiger partial charge in [-0.25, -0.2) is 4.39 Å². The average Bonchev–Trinajstić information content (AvgIpc) is 2.85. The number of nitrogens with zero attached hydrogens (tertiary/aromatic N) is 1. The lowest BCUT2D eigenvalue weighted by molar-refractivity contribution is -0.152. The summed E-state index contributed by atoms with van der Waals surface area (Å²) in [6.45, 7) is -1.05. The maximum absolute atomic E-state index is 13.1. The number of hydrogen-bond acceptors (Lipinski definition) is 5. The van der Waals surface area contributed by atoms with Crippen molar-refractivity contribution in [2.24, 2.45) is 11.8 Å². The van der Waals surface area contributed by atoms with Gasteiger partial charge in [-0.2, -0.15) is 0 Å². The van der Waals surface area contributed by atoms with Gasteiger partial charge in [0.15, 0.2) is 12.4 Å². The van der Waals surface area contributed by atoms with Crippen LogP contribution in [-0.4, -0.2) is 41.6 Å². The number of fused-ring (bicyclic) bond motifs is 1. The molecule has 0 radical (unpaired) electrons. The Hall–Kier alpha value is -2.57. The topological polar surface area (TPSA) is 80.8 Å². The van der Waals surface area contributed by atoms with E-state index in [1.54, 1.807) is 0 Å². The van der Waals surface area contributed by atoms with Crippen LogP contribution >= 0.6 is 0 Å². The number of ketones is 1. The fourth-order valence-electron chi connectivity index (χ4n) is 3.45. The fraction of sp³-hybridized carbons (Fsp3) is 0.444. The Kier molecular flexibility index (Phi) is 4.92. The number of imide groups is 1. The van der Waals surface area contributed by atoms with E-state index in [2.05, 4.69) is 0 Å². The van der Waals surface area contributed by atoms with Gasteiger partial charge in [0, 0.05) is 5.56 Å². The molecule has 132 valence electrons. The monoisotopic (exact) mass is 347 g/mol. The molecule has 0 aromatic heterocycles. The Morgan fingerprint density at radius 2 is 1.76 bits per heavy atom. The molecule has 2 fully saturated rings. The van der Waals surface area contributed by atoms with Crippen LogP contribution < -0.4 is 0 Å². The number of Topliss-reactive ketones (excluding diaryl/α,β-unsaturated/α-hetero) is 1. The van der Waals surface area contributed by atoms with Crippen molar-refractivity contribution in [1.29, 1.82) is 0 Å². The van der Waals surface area contributed by atoms with Gasteiger partial charge < -0.3 is 4.74 Å². The maximum Gasteiger partial charge on any atom is 0.326 e. The van der Waals surface area contributed by atoms with E-state index in [1.165, 1.54) is 18.2 Å². The zero-order chi connectivity index (χ0) is 18.0. The Balaban J connectivity index is 1.55. The molecule has 1 aliphatic carbocycles. The molecule has 1 aromatic rings. The van der Waals surface area contributed by atoms with Gasteiger partial charge in [-0.3, -0.25) is 24.1 Å². The first-order chi connectivity index (χ1) is 12.0. The number of carbonyl (C=O) groups is 4. The zero-order valence-electron chi connectivity index (χ0n) is 13.6. The van der Waals surface area contributed by atoms with Gasteiger partial charge in [0.25, 0.3) is 0 Å². The summed E-state index contributed by atoms with van der Waals surface area (Å²) in [7, 11) is 0. The minimum Gasteiger partial charge on any atom is -0.456 e. The van der Waals surface area contributed by atoms with Crippen molar-refractivity contribution in [1.82, 2.24) is 4.90 Å². The summed E-state index contributed by atoms with van der Waals surface area (Å²) in [5, 5.41) is 0. The lowest BCUT2D eigenvalue weighted by Gasteiger charge is -2.19. The van der Waals surface area contributed by atoms with Crippen LogP contribution in [0.3, 0.4) is 0 Å². The van der Waals surface area contributed by atoms with Gasteiger partial charge in [0.05, 0.1) is 11.8 Å². The Morgan fingerprint density at radius 1 is 1.12 bits per heavy atom. The molecule has 7 heteroatoms. The fourth-order valence-corrected chi connectivity index (χ4v) is 3.45. The standard InChI is InChI=1S/C18H18FNO5/c19-12-5-3-4-11(8-12)15(21)10-25-16(22)9-20-17(23)13-6-1-2-7-14(13)18(20)24/h3-5,8,13-14H,1-2,6-7,9-10H2/t13-,14+. The van der Waals surface area contributed by atoms with Gasteiger partial charge in [-0.05, 0) is 25.0 Å². The molecule has 1 saturated heterocycles. The molecule has 1 aliphatic heterocycles. The molecule has 0 bridgehead atoms. The van der Waals surface area contributed by atoms with Crippen LogP contribution in [0.25, 0.3) is 0 Å². The van der Waals surface area contributed by atoms with E-state index >= 15 is 0 Å². The SMILES string of the molecule is O=C(CN1C(=O)[C@H]2CCCC[C@H]2C1=O)OCC(=O)c1cccc(F)c1. The van der Waals surface area contributed by atoms with Gasteiger partial charge in [-0.1, -0.05) is 25.0 Å². The number of ether oxygens (including phenoxy) is 1. The number of carbonyl (C=O) groups excluding carboxylic acids is 4. The Labute approximate surface area is 143 Å². The molecule has 1 heterocycles. The molecule has 2 atom stereocenters. The van der Waals surface area contributed by atoms with Crippen LogP contribution in [0.15, 0.2) is 24.3 Å². The predicted octanol–water partition coefficient (Wildman–Crippen LogP) is 1.73. The van der Waals surface area contributed by atoms with E-state index < -0.39 is 30.7 Å². The smallest absolute Gasteiger partial charge is 0.326 e. The molecule has 1 saturated carbocycles. The highest BCUT2D eigenvalue weighted by atomic mass is 19.1. The normalized spacial score (nSPS) is 22.7. The van der Waals surface area contributed by atoms with Gasteiger partial charge in [-0.15, -0.1) is 0 Å². The second kappa shape index (κ2) is 7.13. The van der Waals surface area contributed by atoms with Crippen molar-refractivity contribution in [3.63, 3.8) is 0 Å². The second-order valence-electron chi connectivity index (χ2n) is 6.35. The number of esters is 1. The minimum atomic E-state index is -0.829. The van der Waals surface area contributed by atoms with Gasteiger partial charge in [0.1, 0.15) is 12.4 Å². The molecule has 2 aliphatic rings. The second-order valence-corrected chi connectivity index (χ2v) is 6.35. The van der Waals surface area contributed by atoms with Crippen molar-refractivity contribution in [3.05, 3.63) is 35.6 Å². The van der Waals surface area contributed by atoms with Crippen molar-refractivity contribution < 1.29 is 28.3 Å². The molecule has 6 nitrogen and oxygen atoms in total. The van der Waals surface area contributed by atoms with E-state index in [9.17, 15) is 23.6 Å². The minimum absolute atomic E-state index is 0.0899. The Morgan fingerprint density at radius 3 is 2.36 bits per heavy atom.